The fourth-order valence-electron chi connectivity index (χ4n) is 8.36. The molecule has 0 aromatic heterocycles. The minimum absolute atomic E-state index is 0.0682. The first-order chi connectivity index (χ1) is 29.0. The van der Waals surface area contributed by atoms with Gasteiger partial charge in [-0.1, -0.05) is 144 Å². The van der Waals surface area contributed by atoms with E-state index in [-0.39, 0.29) is 25.0 Å². The molecule has 0 heterocycles. The van der Waals surface area contributed by atoms with E-state index in [1.165, 1.54) is 63.4 Å². The lowest BCUT2D eigenvalue weighted by molar-refractivity contribution is -0.123. The Labute approximate surface area is 350 Å². The van der Waals surface area contributed by atoms with Crippen molar-refractivity contribution in [2.75, 3.05) is 27.4 Å². The molecule has 1 saturated carbocycles. The molecule has 8 nitrogen and oxygen atoms in total. The van der Waals surface area contributed by atoms with Crippen LogP contribution in [0.3, 0.4) is 0 Å². The van der Waals surface area contributed by atoms with Crippen LogP contribution in [0.5, 0.6) is 17.2 Å². The van der Waals surface area contributed by atoms with E-state index in [4.69, 9.17) is 18.9 Å². The highest BCUT2D eigenvalue weighted by atomic mass is 16.5. The summed E-state index contributed by atoms with van der Waals surface area (Å²) in [6.07, 6.45) is 11.4. The van der Waals surface area contributed by atoms with Crippen molar-refractivity contribution in [2.45, 2.75) is 96.1 Å². The highest BCUT2D eigenvalue weighted by molar-refractivity contribution is 5.79. The van der Waals surface area contributed by atoms with Gasteiger partial charge in [0.25, 0.3) is 5.91 Å². The Kier molecular flexibility index (Phi) is 15.9. The molecule has 0 bridgehead atoms. The van der Waals surface area contributed by atoms with Crippen LogP contribution in [0.15, 0.2) is 115 Å². The van der Waals surface area contributed by atoms with Crippen molar-refractivity contribution in [3.8, 4) is 28.4 Å². The standard InChI is InChI=1S/C49H54N2O6.C2H6/c1-54-39-28-29-44(46(30-39)55-2)48(51-49(53)57-32-45-42-18-12-10-16-40(42)41-17-11-13-19-43(41)45)37-24-26-38(27-25-37)56-33-47(52)50-31-34-20-22-36(23-21-34)35-14-8-6-4-3-5-7-9-15-35;1-2/h10-13,16-30,35,45,48H,3-9,14-15,31-33H2,1-2H3,(H,50,52)(H,51,53);1-2H3. The number of carbonyl (C=O) groups excluding carboxylic acids is 2. The van der Waals surface area contributed by atoms with Crippen LogP contribution in [-0.2, 0) is 16.1 Å². The molecule has 2 N–H and O–H groups in total. The van der Waals surface area contributed by atoms with Crippen LogP contribution in [0.2, 0.25) is 0 Å². The van der Waals surface area contributed by atoms with Crippen molar-refractivity contribution in [3.05, 3.63) is 149 Å². The molecule has 7 rings (SSSR count). The fraction of sp³-hybridized carbons (Fsp3) is 0.373. The number of amides is 2. The van der Waals surface area contributed by atoms with E-state index < -0.39 is 12.1 Å². The van der Waals surface area contributed by atoms with Crippen molar-refractivity contribution >= 4 is 12.0 Å². The van der Waals surface area contributed by atoms with Gasteiger partial charge in [-0.15, -0.1) is 0 Å². The largest absolute Gasteiger partial charge is 0.497 e. The van der Waals surface area contributed by atoms with E-state index in [0.717, 1.165) is 38.9 Å². The van der Waals surface area contributed by atoms with Gasteiger partial charge in [0.2, 0.25) is 0 Å². The number of nitrogens with one attached hydrogen (secondary N) is 2. The monoisotopic (exact) mass is 796 g/mol. The number of ether oxygens (including phenoxy) is 4. The van der Waals surface area contributed by atoms with Crippen LogP contribution in [0.25, 0.3) is 11.1 Å². The maximum atomic E-state index is 13.6. The molecular formula is C51H60N2O6. The quantitative estimate of drug-likeness (QED) is 0.123. The van der Waals surface area contributed by atoms with Crippen LogP contribution in [0.1, 0.15) is 123 Å². The molecular weight excluding hydrogens is 737 g/mol. The SMILES string of the molecule is CC.COc1ccc(C(NC(=O)OCC2c3ccccc3-c3ccccc32)c2ccc(OCC(=O)NCc3ccc(C4CCCCCCCCC4)cc3)cc2)c(OC)c1. The van der Waals surface area contributed by atoms with Crippen molar-refractivity contribution in [2.24, 2.45) is 0 Å². The van der Waals surface area contributed by atoms with E-state index in [2.05, 4.69) is 59.2 Å². The number of carbonyl (C=O) groups is 2. The zero-order chi connectivity index (χ0) is 41.4. The van der Waals surface area contributed by atoms with Crippen molar-refractivity contribution < 1.29 is 28.5 Å². The maximum Gasteiger partial charge on any atom is 0.407 e. The molecule has 310 valence electrons. The molecule has 59 heavy (non-hydrogen) atoms. The summed E-state index contributed by atoms with van der Waals surface area (Å²) in [6, 6.07) is 37.5. The van der Waals surface area contributed by atoms with Gasteiger partial charge < -0.3 is 29.6 Å². The molecule has 2 aliphatic rings. The van der Waals surface area contributed by atoms with E-state index in [0.29, 0.717) is 29.7 Å². The molecule has 1 unspecified atom stereocenters. The Balaban J connectivity index is 0.00000288. The summed E-state index contributed by atoms with van der Waals surface area (Å²) >= 11 is 0. The third kappa shape index (κ3) is 11.3. The first-order valence-electron chi connectivity index (χ1n) is 21.4. The third-order valence-corrected chi connectivity index (χ3v) is 11.5. The lowest BCUT2D eigenvalue weighted by atomic mass is 9.86. The molecule has 8 heteroatoms. The average molecular weight is 797 g/mol. The smallest absolute Gasteiger partial charge is 0.407 e. The van der Waals surface area contributed by atoms with Gasteiger partial charge in [0.1, 0.15) is 23.9 Å². The Hall–Kier alpha value is -5.76. The lowest BCUT2D eigenvalue weighted by Crippen LogP contribution is -2.31. The predicted octanol–water partition coefficient (Wildman–Crippen LogP) is 11.7. The summed E-state index contributed by atoms with van der Waals surface area (Å²) in [5, 5.41) is 6.07. The number of fused-ring (bicyclic) bond motifs is 3. The summed E-state index contributed by atoms with van der Waals surface area (Å²) in [5.41, 5.74) is 8.60. The summed E-state index contributed by atoms with van der Waals surface area (Å²) < 4.78 is 23.0. The summed E-state index contributed by atoms with van der Waals surface area (Å²) in [6.45, 7) is 4.51. The Bertz CT molecular complexity index is 2040. The number of rotatable bonds is 13. The number of hydrogen-bond acceptors (Lipinski definition) is 6. The van der Waals surface area contributed by atoms with Gasteiger partial charge in [0.05, 0.1) is 20.3 Å². The topological polar surface area (TPSA) is 95.1 Å². The Morgan fingerprint density at radius 3 is 1.88 bits per heavy atom. The van der Waals surface area contributed by atoms with Gasteiger partial charge >= 0.3 is 6.09 Å². The van der Waals surface area contributed by atoms with Gasteiger partial charge in [-0.05, 0) is 82.0 Å². The molecule has 0 saturated heterocycles. The highest BCUT2D eigenvalue weighted by Crippen LogP contribution is 2.44. The van der Waals surface area contributed by atoms with Crippen LogP contribution >= 0.6 is 0 Å². The molecule has 5 aromatic carbocycles. The van der Waals surface area contributed by atoms with Crippen molar-refractivity contribution in [3.63, 3.8) is 0 Å². The zero-order valence-electron chi connectivity index (χ0n) is 35.1. The van der Waals surface area contributed by atoms with Gasteiger partial charge in [0.15, 0.2) is 6.61 Å². The molecule has 1 fully saturated rings. The van der Waals surface area contributed by atoms with E-state index in [1.807, 2.05) is 62.4 Å². The molecule has 5 aromatic rings. The van der Waals surface area contributed by atoms with Crippen molar-refractivity contribution in [1.82, 2.24) is 10.6 Å². The first-order valence-corrected chi connectivity index (χ1v) is 21.4. The molecule has 2 aliphatic carbocycles. The second-order valence-corrected chi connectivity index (χ2v) is 15.1. The van der Waals surface area contributed by atoms with Gasteiger partial charge in [0, 0.05) is 24.1 Å². The Morgan fingerprint density at radius 1 is 0.678 bits per heavy atom. The molecule has 2 amide bonds. The van der Waals surface area contributed by atoms with E-state index >= 15 is 0 Å². The predicted molar refractivity (Wildman–Crippen MR) is 235 cm³/mol. The summed E-state index contributed by atoms with van der Waals surface area (Å²) in [4.78, 5) is 26.4. The minimum Gasteiger partial charge on any atom is -0.497 e. The molecule has 1 atom stereocenters. The maximum absolute atomic E-state index is 13.6. The fourth-order valence-corrected chi connectivity index (χ4v) is 8.36. The van der Waals surface area contributed by atoms with Crippen LogP contribution < -0.4 is 24.8 Å². The van der Waals surface area contributed by atoms with Crippen LogP contribution in [-0.4, -0.2) is 39.4 Å². The first kappa shape index (κ1) is 42.8. The molecule has 0 spiro atoms. The van der Waals surface area contributed by atoms with Gasteiger partial charge in [-0.2, -0.15) is 0 Å². The Morgan fingerprint density at radius 2 is 1.27 bits per heavy atom. The molecule has 0 aliphatic heterocycles. The van der Waals surface area contributed by atoms with Crippen LogP contribution in [0, 0.1) is 0 Å². The second-order valence-electron chi connectivity index (χ2n) is 15.1. The second kappa shape index (κ2) is 21.8. The highest BCUT2D eigenvalue weighted by Gasteiger charge is 2.30. The normalized spacial score (nSPS) is 14.6. The molecule has 0 radical (unpaired) electrons. The number of alkyl carbamates (subject to hydrolysis) is 1. The average Bonchev–Trinajstić information content (AvgIpc) is 3.62. The lowest BCUT2D eigenvalue weighted by Gasteiger charge is -2.23. The number of benzene rings is 5. The van der Waals surface area contributed by atoms with E-state index in [1.54, 1.807) is 32.4 Å². The van der Waals surface area contributed by atoms with E-state index in [9.17, 15) is 9.59 Å². The number of hydrogen-bond donors (Lipinski definition) is 2. The zero-order valence-corrected chi connectivity index (χ0v) is 35.1. The van der Waals surface area contributed by atoms with Crippen molar-refractivity contribution in [1.29, 1.82) is 0 Å². The minimum atomic E-state index is -0.619. The summed E-state index contributed by atoms with van der Waals surface area (Å²) in [5.74, 6) is 2.07. The number of methoxy groups -OCH3 is 2. The van der Waals surface area contributed by atoms with Crippen LogP contribution in [0.4, 0.5) is 4.79 Å². The third-order valence-electron chi connectivity index (χ3n) is 11.5. The van der Waals surface area contributed by atoms with Gasteiger partial charge in [-0.25, -0.2) is 4.79 Å². The van der Waals surface area contributed by atoms with Gasteiger partial charge in [-0.3, -0.25) is 4.79 Å². The summed E-state index contributed by atoms with van der Waals surface area (Å²) in [7, 11) is 3.18.